The highest BCUT2D eigenvalue weighted by atomic mass is 35.5. The van der Waals surface area contributed by atoms with E-state index < -0.39 is 0 Å². The molecule has 4 aromatic rings. The lowest BCUT2D eigenvalue weighted by Gasteiger charge is -2.13. The summed E-state index contributed by atoms with van der Waals surface area (Å²) in [4.78, 5) is 4.88. The predicted molar refractivity (Wildman–Crippen MR) is 117 cm³/mol. The van der Waals surface area contributed by atoms with E-state index in [0.717, 1.165) is 35.6 Å². The molecule has 1 aliphatic rings. The van der Waals surface area contributed by atoms with Crippen molar-refractivity contribution in [2.45, 2.75) is 13.3 Å². The Kier molecular flexibility index (Phi) is 4.76. The number of halogens is 1. The zero-order valence-electron chi connectivity index (χ0n) is 15.3. The van der Waals surface area contributed by atoms with E-state index in [9.17, 15) is 0 Å². The van der Waals surface area contributed by atoms with Crippen LogP contribution in [0.1, 0.15) is 17.5 Å². The Labute approximate surface area is 168 Å². The number of hydrogen-bond donors (Lipinski definition) is 1. The highest BCUT2D eigenvalue weighted by Crippen LogP contribution is 2.34. The summed E-state index contributed by atoms with van der Waals surface area (Å²) in [5.41, 5.74) is 7.27. The van der Waals surface area contributed by atoms with Gasteiger partial charge in [-0.1, -0.05) is 12.1 Å². The molecule has 0 bridgehead atoms. The molecule has 0 saturated heterocycles. The number of fused-ring (bicyclic) bond motifs is 2. The minimum Gasteiger partial charge on any atom is -0.313 e. The van der Waals surface area contributed by atoms with E-state index >= 15 is 0 Å². The zero-order valence-corrected chi connectivity index (χ0v) is 17.0. The van der Waals surface area contributed by atoms with Gasteiger partial charge >= 0.3 is 0 Å². The summed E-state index contributed by atoms with van der Waals surface area (Å²) in [5, 5.41) is 10.2. The smallest absolute Gasteiger partial charge is 0.124 e. The Bertz CT molecular complexity index is 1170. The van der Waals surface area contributed by atoms with Crippen molar-refractivity contribution in [3.05, 3.63) is 53.7 Å². The van der Waals surface area contributed by atoms with E-state index in [1.165, 1.54) is 32.3 Å². The fraction of sp³-hybridized carbons (Fsp3) is 0.238. The van der Waals surface area contributed by atoms with E-state index in [1.54, 1.807) is 11.3 Å². The van der Waals surface area contributed by atoms with Crippen LogP contribution in [-0.2, 0) is 7.05 Å². The topological polar surface area (TPSA) is 42.7 Å². The maximum Gasteiger partial charge on any atom is 0.124 e. The van der Waals surface area contributed by atoms with Gasteiger partial charge in [0, 0.05) is 30.7 Å². The molecular formula is C21H21ClN4S. The van der Waals surface area contributed by atoms with Gasteiger partial charge in [0.2, 0.25) is 0 Å². The summed E-state index contributed by atoms with van der Waals surface area (Å²) in [5.74, 6) is 0. The standard InChI is InChI=1S/C21H20N4S.ClH/c1-13-9-16(10-17-12-25(2)24-20(13)17)21-23-18-4-3-15(11-19(18)26-21)14-5-7-22-8-6-14;/h3-5,9-12,22H,6-8H2,1-2H3;1H. The van der Waals surface area contributed by atoms with Crippen LogP contribution in [0.5, 0.6) is 0 Å². The third-order valence-corrected chi connectivity index (χ3v) is 6.05. The van der Waals surface area contributed by atoms with Gasteiger partial charge in [-0.15, -0.1) is 23.7 Å². The average molecular weight is 397 g/mol. The number of aryl methyl sites for hydroxylation is 2. The van der Waals surface area contributed by atoms with Gasteiger partial charge in [0.15, 0.2) is 0 Å². The van der Waals surface area contributed by atoms with Crippen molar-refractivity contribution in [2.75, 3.05) is 13.1 Å². The van der Waals surface area contributed by atoms with Crippen LogP contribution in [0.2, 0.25) is 0 Å². The number of nitrogens with one attached hydrogen (secondary N) is 1. The highest BCUT2D eigenvalue weighted by molar-refractivity contribution is 7.21. The summed E-state index contributed by atoms with van der Waals surface area (Å²) < 4.78 is 3.12. The summed E-state index contributed by atoms with van der Waals surface area (Å²) in [6.45, 7) is 4.14. The fourth-order valence-electron chi connectivity index (χ4n) is 3.69. The van der Waals surface area contributed by atoms with Gasteiger partial charge in [-0.3, -0.25) is 4.68 Å². The molecule has 0 atom stereocenters. The number of nitrogens with zero attached hydrogens (tertiary/aromatic N) is 3. The summed E-state index contributed by atoms with van der Waals surface area (Å²) in [6.07, 6.45) is 5.46. The van der Waals surface area contributed by atoms with Crippen LogP contribution in [0.3, 0.4) is 0 Å². The van der Waals surface area contributed by atoms with Crippen LogP contribution in [0.4, 0.5) is 0 Å². The SMILES string of the molecule is Cc1cc(-c2nc3ccc(C4=CCNCC4)cc3s2)cc2cn(C)nc12.Cl. The maximum atomic E-state index is 4.88. The zero-order chi connectivity index (χ0) is 17.7. The molecule has 1 aliphatic heterocycles. The first-order valence-electron chi connectivity index (χ1n) is 8.92. The Morgan fingerprint density at radius 1 is 1.15 bits per heavy atom. The molecule has 4 nitrogen and oxygen atoms in total. The van der Waals surface area contributed by atoms with Crippen molar-refractivity contribution in [1.82, 2.24) is 20.1 Å². The van der Waals surface area contributed by atoms with Crippen molar-refractivity contribution in [3.63, 3.8) is 0 Å². The summed E-state index contributed by atoms with van der Waals surface area (Å²) in [7, 11) is 1.97. The Morgan fingerprint density at radius 3 is 2.85 bits per heavy atom. The number of aromatic nitrogens is 3. The van der Waals surface area contributed by atoms with Gasteiger partial charge in [-0.05, 0) is 60.9 Å². The average Bonchev–Trinajstić information content (AvgIpc) is 3.24. The predicted octanol–water partition coefficient (Wildman–Crippen LogP) is 4.96. The molecule has 0 spiro atoms. The molecule has 27 heavy (non-hydrogen) atoms. The molecule has 5 rings (SSSR count). The summed E-state index contributed by atoms with van der Waals surface area (Å²) >= 11 is 1.77. The van der Waals surface area contributed by atoms with Crippen LogP contribution in [0.15, 0.2) is 42.6 Å². The van der Waals surface area contributed by atoms with E-state index in [0.29, 0.717) is 0 Å². The van der Waals surface area contributed by atoms with Crippen molar-refractivity contribution < 1.29 is 0 Å². The van der Waals surface area contributed by atoms with Crippen molar-refractivity contribution in [1.29, 1.82) is 0 Å². The molecule has 1 N–H and O–H groups in total. The quantitative estimate of drug-likeness (QED) is 0.521. The third kappa shape index (κ3) is 3.27. The lowest BCUT2D eigenvalue weighted by atomic mass is 10.0. The van der Waals surface area contributed by atoms with Gasteiger partial charge in [-0.25, -0.2) is 4.98 Å². The second-order valence-electron chi connectivity index (χ2n) is 6.92. The van der Waals surface area contributed by atoms with Gasteiger partial charge in [0.1, 0.15) is 5.01 Å². The number of rotatable bonds is 2. The number of benzene rings is 2. The van der Waals surface area contributed by atoms with Gasteiger partial charge < -0.3 is 5.32 Å². The molecule has 0 saturated carbocycles. The minimum atomic E-state index is 0. The van der Waals surface area contributed by atoms with Crippen molar-refractivity contribution >= 4 is 50.4 Å². The van der Waals surface area contributed by atoms with Gasteiger partial charge in [0.25, 0.3) is 0 Å². The molecular weight excluding hydrogens is 376 g/mol. The third-order valence-electron chi connectivity index (χ3n) is 4.98. The van der Waals surface area contributed by atoms with E-state index in [1.807, 2.05) is 11.7 Å². The molecule has 3 heterocycles. The van der Waals surface area contributed by atoms with Crippen LogP contribution >= 0.6 is 23.7 Å². The van der Waals surface area contributed by atoms with E-state index in [4.69, 9.17) is 4.98 Å². The Morgan fingerprint density at radius 2 is 2.04 bits per heavy atom. The second kappa shape index (κ2) is 7.08. The lowest BCUT2D eigenvalue weighted by Crippen LogP contribution is -2.19. The van der Waals surface area contributed by atoms with Gasteiger partial charge in [0.05, 0.1) is 15.7 Å². The van der Waals surface area contributed by atoms with Crippen LogP contribution in [0.25, 0.3) is 37.3 Å². The van der Waals surface area contributed by atoms with Crippen molar-refractivity contribution in [2.24, 2.45) is 7.05 Å². The minimum absolute atomic E-state index is 0. The monoisotopic (exact) mass is 396 g/mol. The second-order valence-corrected chi connectivity index (χ2v) is 7.95. The highest BCUT2D eigenvalue weighted by Gasteiger charge is 2.12. The maximum absolute atomic E-state index is 4.88. The normalized spacial score (nSPS) is 14.4. The van der Waals surface area contributed by atoms with Gasteiger partial charge in [-0.2, -0.15) is 5.10 Å². The van der Waals surface area contributed by atoms with Crippen LogP contribution < -0.4 is 5.32 Å². The molecule has 0 aliphatic carbocycles. The largest absolute Gasteiger partial charge is 0.313 e. The first-order valence-corrected chi connectivity index (χ1v) is 9.74. The van der Waals surface area contributed by atoms with Crippen LogP contribution in [0, 0.1) is 6.92 Å². The number of thiazole rings is 1. The van der Waals surface area contributed by atoms with E-state index in [2.05, 4.69) is 59.9 Å². The summed E-state index contributed by atoms with van der Waals surface area (Å²) in [6, 6.07) is 11.1. The van der Waals surface area contributed by atoms with Crippen molar-refractivity contribution in [3.8, 4) is 10.6 Å². The molecule has 6 heteroatoms. The van der Waals surface area contributed by atoms with E-state index in [-0.39, 0.29) is 12.4 Å². The Hall–Kier alpha value is -2.21. The lowest BCUT2D eigenvalue weighted by molar-refractivity contribution is 0.739. The molecule has 0 fully saturated rings. The first kappa shape index (κ1) is 18.2. The van der Waals surface area contributed by atoms with Crippen LogP contribution in [-0.4, -0.2) is 27.9 Å². The Balaban J connectivity index is 0.00000180. The molecule has 2 aromatic carbocycles. The first-order chi connectivity index (χ1) is 12.7. The fourth-order valence-corrected chi connectivity index (χ4v) is 4.68. The molecule has 138 valence electrons. The molecule has 0 unspecified atom stereocenters. The molecule has 2 aromatic heterocycles. The molecule has 0 amide bonds. The number of hydrogen-bond acceptors (Lipinski definition) is 4. The molecule has 0 radical (unpaired) electrons.